The smallest absolute Gasteiger partial charge is 0.321 e. The van der Waals surface area contributed by atoms with E-state index in [-0.39, 0.29) is 18.2 Å². The highest BCUT2D eigenvalue weighted by Gasteiger charge is 2.48. The number of aromatic amines is 1. The molecule has 1 aromatic heterocycles. The number of aliphatic hydroxyl groups excluding tert-OH is 1. The van der Waals surface area contributed by atoms with E-state index < -0.39 is 29.1 Å². The molecule has 36 heavy (non-hydrogen) atoms. The van der Waals surface area contributed by atoms with E-state index in [9.17, 15) is 23.5 Å². The maximum Gasteiger partial charge on any atom is 0.321 e. The van der Waals surface area contributed by atoms with E-state index in [0.29, 0.717) is 38.2 Å². The zero-order chi connectivity index (χ0) is 25.6. The van der Waals surface area contributed by atoms with Gasteiger partial charge in [0.2, 0.25) is 5.91 Å². The summed E-state index contributed by atoms with van der Waals surface area (Å²) in [5.74, 6) is -1.44. The van der Waals surface area contributed by atoms with E-state index in [1.807, 2.05) is 18.2 Å². The predicted molar refractivity (Wildman–Crippen MR) is 130 cm³/mol. The number of nitrogens with one attached hydrogen (secondary N) is 2. The molecule has 2 aromatic carbocycles. The van der Waals surface area contributed by atoms with Gasteiger partial charge in [-0.3, -0.25) is 4.79 Å². The van der Waals surface area contributed by atoms with Crippen molar-refractivity contribution in [3.63, 3.8) is 0 Å². The maximum atomic E-state index is 13.6. The number of methoxy groups -OCH3 is 1. The Kier molecular flexibility index (Phi) is 6.07. The largest absolute Gasteiger partial charge is 0.497 e. The summed E-state index contributed by atoms with van der Waals surface area (Å²) >= 11 is 0. The first-order valence-corrected chi connectivity index (χ1v) is 11.9. The average Bonchev–Trinajstić information content (AvgIpc) is 3.26. The molecule has 1 saturated heterocycles. The molecule has 8 nitrogen and oxygen atoms in total. The van der Waals surface area contributed by atoms with E-state index in [1.54, 1.807) is 16.9 Å². The number of halogens is 2. The fraction of sp³-hybridized carbons (Fsp3) is 0.385. The molecule has 190 valence electrons. The van der Waals surface area contributed by atoms with Crippen molar-refractivity contribution in [3.05, 3.63) is 59.3 Å². The summed E-state index contributed by atoms with van der Waals surface area (Å²) in [4.78, 5) is 32.2. The second kappa shape index (κ2) is 9.09. The Balaban J connectivity index is 1.46. The highest BCUT2D eigenvalue weighted by atomic mass is 19.2. The van der Waals surface area contributed by atoms with Crippen LogP contribution in [0, 0.1) is 11.6 Å². The van der Waals surface area contributed by atoms with E-state index in [1.165, 1.54) is 13.0 Å². The minimum atomic E-state index is -1.03. The van der Waals surface area contributed by atoms with Gasteiger partial charge in [0.1, 0.15) is 5.75 Å². The summed E-state index contributed by atoms with van der Waals surface area (Å²) in [6.07, 6.45) is 1.18. The lowest BCUT2D eigenvalue weighted by atomic mass is 9.68. The van der Waals surface area contributed by atoms with Gasteiger partial charge in [0.15, 0.2) is 11.6 Å². The van der Waals surface area contributed by atoms with E-state index in [2.05, 4.69) is 10.3 Å². The SMILES string of the molecule is COc1ccc2c3c([nH]c2c1)[C@H](CO)N(C(C)=O)CC31CCN(C(=O)Nc2ccc(F)c(F)c2)CC1. The molecule has 10 heteroatoms. The van der Waals surface area contributed by atoms with Crippen LogP contribution in [0.1, 0.15) is 37.1 Å². The molecule has 1 atom stereocenters. The Morgan fingerprint density at radius 2 is 1.92 bits per heavy atom. The molecular formula is C26H28F2N4O4. The first-order valence-electron chi connectivity index (χ1n) is 11.9. The zero-order valence-electron chi connectivity index (χ0n) is 20.1. The number of anilines is 1. The molecule has 0 aliphatic carbocycles. The van der Waals surface area contributed by atoms with Crippen molar-refractivity contribution in [2.24, 2.45) is 0 Å². The van der Waals surface area contributed by atoms with Crippen LogP contribution < -0.4 is 10.1 Å². The summed E-state index contributed by atoms with van der Waals surface area (Å²) in [6, 6.07) is 8.13. The fourth-order valence-electron chi connectivity index (χ4n) is 5.66. The number of carbonyl (C=O) groups is 2. The molecule has 3 N–H and O–H groups in total. The van der Waals surface area contributed by atoms with Gasteiger partial charge in [-0.1, -0.05) is 0 Å². The van der Waals surface area contributed by atoms with Gasteiger partial charge in [0.25, 0.3) is 0 Å². The maximum absolute atomic E-state index is 13.6. The van der Waals surface area contributed by atoms with E-state index >= 15 is 0 Å². The van der Waals surface area contributed by atoms with Gasteiger partial charge in [-0.05, 0) is 42.7 Å². The Bertz CT molecular complexity index is 1330. The number of fused-ring (bicyclic) bond motifs is 4. The number of amides is 3. The standard InChI is InChI=1S/C26H28F2N4O4/c1-15(34)32-14-26(23-18-5-4-17(36-2)12-21(18)30-24(23)22(32)13-33)7-9-31(10-8-26)25(35)29-16-3-6-19(27)20(28)11-16/h3-6,11-12,22,30,33H,7-10,13-14H2,1-2H3,(H,29,35)/t22-/m0/s1. The molecule has 0 radical (unpaired) electrons. The third-order valence-electron chi connectivity index (χ3n) is 7.50. The number of rotatable bonds is 3. The first-order chi connectivity index (χ1) is 17.3. The van der Waals surface area contributed by atoms with Crippen LogP contribution in [0.2, 0.25) is 0 Å². The number of aromatic nitrogens is 1. The number of likely N-dealkylation sites (tertiary alicyclic amines) is 1. The van der Waals surface area contributed by atoms with E-state index in [0.717, 1.165) is 34.3 Å². The molecule has 0 unspecified atom stereocenters. The van der Waals surface area contributed by atoms with Gasteiger partial charge in [-0.25, -0.2) is 13.6 Å². The molecule has 2 aliphatic rings. The third kappa shape index (κ3) is 3.95. The van der Waals surface area contributed by atoms with Crippen LogP contribution in [0.25, 0.3) is 10.9 Å². The molecule has 0 bridgehead atoms. The minimum Gasteiger partial charge on any atom is -0.497 e. The van der Waals surface area contributed by atoms with Crippen molar-refractivity contribution in [3.8, 4) is 5.75 Å². The number of aliphatic hydroxyl groups is 1. The van der Waals surface area contributed by atoms with Crippen molar-refractivity contribution in [2.45, 2.75) is 31.2 Å². The summed E-state index contributed by atoms with van der Waals surface area (Å²) < 4.78 is 32.2. The number of hydrogen-bond acceptors (Lipinski definition) is 4. The predicted octanol–water partition coefficient (Wildman–Crippen LogP) is 3.92. The number of nitrogens with zero attached hydrogens (tertiary/aromatic N) is 2. The molecule has 2 aliphatic heterocycles. The van der Waals surface area contributed by atoms with Crippen molar-refractivity contribution >= 4 is 28.5 Å². The fourth-order valence-corrected chi connectivity index (χ4v) is 5.66. The molecule has 1 spiro atoms. The van der Waals surface area contributed by atoms with E-state index in [4.69, 9.17) is 4.74 Å². The van der Waals surface area contributed by atoms with Crippen LogP contribution in [0.4, 0.5) is 19.3 Å². The molecule has 1 fully saturated rings. The number of ether oxygens (including phenoxy) is 1. The summed E-state index contributed by atoms with van der Waals surface area (Å²) in [5.41, 5.74) is 2.50. The minimum absolute atomic E-state index is 0.131. The second-order valence-electron chi connectivity index (χ2n) is 9.50. The number of piperidine rings is 1. The monoisotopic (exact) mass is 498 g/mol. The van der Waals surface area contributed by atoms with Crippen molar-refractivity contribution < 1.29 is 28.2 Å². The highest BCUT2D eigenvalue weighted by molar-refractivity contribution is 5.90. The van der Waals surface area contributed by atoms with Crippen LogP contribution in [-0.4, -0.2) is 65.2 Å². The topological polar surface area (TPSA) is 97.9 Å². The third-order valence-corrected chi connectivity index (χ3v) is 7.50. The number of hydrogen-bond donors (Lipinski definition) is 3. The van der Waals surface area contributed by atoms with Gasteiger partial charge in [-0.2, -0.15) is 0 Å². The van der Waals surface area contributed by atoms with Crippen LogP contribution >= 0.6 is 0 Å². The van der Waals surface area contributed by atoms with Crippen molar-refractivity contribution in [2.75, 3.05) is 38.7 Å². The number of H-pyrrole nitrogens is 1. The normalized spacial score (nSPS) is 18.9. The molecule has 3 amide bonds. The molecule has 0 saturated carbocycles. The Hall–Kier alpha value is -3.66. The van der Waals surface area contributed by atoms with Gasteiger partial charge < -0.3 is 29.9 Å². The van der Waals surface area contributed by atoms with Gasteiger partial charge >= 0.3 is 6.03 Å². The first kappa shape index (κ1) is 24.1. The Morgan fingerprint density at radius 1 is 1.17 bits per heavy atom. The number of carbonyl (C=O) groups excluding carboxylic acids is 2. The molecular weight excluding hydrogens is 470 g/mol. The zero-order valence-corrected chi connectivity index (χ0v) is 20.1. The number of benzene rings is 2. The lowest BCUT2D eigenvalue weighted by Crippen LogP contribution is -2.55. The molecule has 3 aromatic rings. The quantitative estimate of drug-likeness (QED) is 0.510. The van der Waals surface area contributed by atoms with Crippen LogP contribution in [0.5, 0.6) is 5.75 Å². The van der Waals surface area contributed by atoms with Gasteiger partial charge in [0, 0.05) is 66.4 Å². The van der Waals surface area contributed by atoms with Crippen LogP contribution in [0.15, 0.2) is 36.4 Å². The summed E-state index contributed by atoms with van der Waals surface area (Å²) in [7, 11) is 1.60. The average molecular weight is 499 g/mol. The number of urea groups is 1. The Labute approximate surface area is 206 Å². The summed E-state index contributed by atoms with van der Waals surface area (Å²) in [5, 5.41) is 13.9. The highest BCUT2D eigenvalue weighted by Crippen LogP contribution is 2.49. The summed E-state index contributed by atoms with van der Waals surface area (Å²) in [6.45, 7) is 2.53. The van der Waals surface area contributed by atoms with Gasteiger partial charge in [-0.15, -0.1) is 0 Å². The van der Waals surface area contributed by atoms with Crippen LogP contribution in [0.3, 0.4) is 0 Å². The molecule has 3 heterocycles. The van der Waals surface area contributed by atoms with Crippen molar-refractivity contribution in [1.82, 2.24) is 14.8 Å². The second-order valence-corrected chi connectivity index (χ2v) is 9.50. The lowest BCUT2D eigenvalue weighted by molar-refractivity contribution is -0.134. The molecule has 5 rings (SSSR count). The van der Waals surface area contributed by atoms with Crippen LogP contribution in [-0.2, 0) is 10.2 Å². The lowest BCUT2D eigenvalue weighted by Gasteiger charge is -2.50. The Morgan fingerprint density at radius 3 is 2.56 bits per heavy atom. The van der Waals surface area contributed by atoms with Crippen molar-refractivity contribution in [1.29, 1.82) is 0 Å². The van der Waals surface area contributed by atoms with Gasteiger partial charge in [0.05, 0.1) is 19.8 Å².